The van der Waals surface area contributed by atoms with Gasteiger partial charge in [-0.2, -0.15) is 0 Å². The van der Waals surface area contributed by atoms with E-state index in [4.69, 9.17) is 0 Å². The van der Waals surface area contributed by atoms with Crippen molar-refractivity contribution in [2.24, 2.45) is 17.8 Å². The van der Waals surface area contributed by atoms with E-state index in [2.05, 4.69) is 6.92 Å². The lowest BCUT2D eigenvalue weighted by Crippen LogP contribution is -2.22. The summed E-state index contributed by atoms with van der Waals surface area (Å²) in [5.41, 5.74) is 0. The van der Waals surface area contributed by atoms with Crippen LogP contribution in [0.5, 0.6) is 0 Å². The van der Waals surface area contributed by atoms with Crippen molar-refractivity contribution >= 4 is 0 Å². The highest BCUT2D eigenvalue weighted by molar-refractivity contribution is 4.78. The third kappa shape index (κ3) is 3.23. The molecule has 0 heterocycles. The van der Waals surface area contributed by atoms with Gasteiger partial charge in [-0.25, -0.2) is 0 Å². The maximum absolute atomic E-state index is 2.41. The highest BCUT2D eigenvalue weighted by Gasteiger charge is 2.26. The molecule has 2 rings (SSSR count). The molecule has 0 aromatic carbocycles. The Labute approximate surface area is 95.8 Å². The maximum Gasteiger partial charge on any atom is -0.0383 e. The van der Waals surface area contributed by atoms with Crippen LogP contribution >= 0.6 is 0 Å². The fraction of sp³-hybridized carbons (Fsp3) is 1.00. The van der Waals surface area contributed by atoms with Gasteiger partial charge in [0.25, 0.3) is 0 Å². The summed E-state index contributed by atoms with van der Waals surface area (Å²) < 4.78 is 0. The van der Waals surface area contributed by atoms with Crippen molar-refractivity contribution in [2.75, 3.05) is 0 Å². The predicted molar refractivity (Wildman–Crippen MR) is 66.9 cm³/mol. The molecule has 0 N–H and O–H groups in total. The summed E-state index contributed by atoms with van der Waals surface area (Å²) in [4.78, 5) is 0. The lowest BCUT2D eigenvalue weighted by molar-refractivity contribution is 0.172. The zero-order chi connectivity index (χ0) is 10.5. The van der Waals surface area contributed by atoms with E-state index in [1.54, 1.807) is 25.7 Å². The summed E-state index contributed by atoms with van der Waals surface area (Å²) in [5.74, 6) is 3.29. The molecule has 0 radical (unpaired) electrons. The normalized spacial score (nSPS) is 34.2. The minimum absolute atomic E-state index is 1.08. The molecule has 2 fully saturated rings. The van der Waals surface area contributed by atoms with Crippen LogP contribution in [-0.4, -0.2) is 0 Å². The third-order valence-corrected chi connectivity index (χ3v) is 4.95. The topological polar surface area (TPSA) is 0 Å². The molecule has 0 spiro atoms. The Balaban J connectivity index is 1.79. The van der Waals surface area contributed by atoms with Crippen molar-refractivity contribution in [3.05, 3.63) is 0 Å². The Morgan fingerprint density at radius 3 is 2.00 bits per heavy atom. The average molecular weight is 208 g/mol. The number of hydrogen-bond acceptors (Lipinski definition) is 0. The molecule has 0 nitrogen and oxygen atoms in total. The number of rotatable bonds is 3. The van der Waals surface area contributed by atoms with Crippen molar-refractivity contribution in [3.8, 4) is 0 Å². The molecule has 2 aliphatic carbocycles. The second kappa shape index (κ2) is 5.92. The molecule has 0 unspecified atom stereocenters. The van der Waals surface area contributed by atoms with Gasteiger partial charge in [0.15, 0.2) is 0 Å². The van der Waals surface area contributed by atoms with E-state index in [1.165, 1.54) is 44.9 Å². The van der Waals surface area contributed by atoms with Crippen LogP contribution in [0.1, 0.15) is 77.6 Å². The van der Waals surface area contributed by atoms with E-state index >= 15 is 0 Å². The van der Waals surface area contributed by atoms with Crippen LogP contribution < -0.4 is 0 Å². The molecular weight excluding hydrogens is 180 g/mol. The van der Waals surface area contributed by atoms with Crippen LogP contribution in [0.4, 0.5) is 0 Å². The summed E-state index contributed by atoms with van der Waals surface area (Å²) in [6, 6.07) is 0. The minimum Gasteiger partial charge on any atom is -0.0651 e. The van der Waals surface area contributed by atoms with Crippen molar-refractivity contribution in [1.82, 2.24) is 0 Å². The summed E-state index contributed by atoms with van der Waals surface area (Å²) in [5, 5.41) is 0. The molecule has 0 aromatic rings. The fourth-order valence-corrected chi connectivity index (χ4v) is 3.98. The van der Waals surface area contributed by atoms with Crippen LogP contribution in [-0.2, 0) is 0 Å². The van der Waals surface area contributed by atoms with Gasteiger partial charge in [0.1, 0.15) is 0 Å². The zero-order valence-electron chi connectivity index (χ0n) is 10.5. The molecule has 0 heteroatoms. The van der Waals surface area contributed by atoms with E-state index in [9.17, 15) is 0 Å². The Morgan fingerprint density at radius 1 is 0.733 bits per heavy atom. The zero-order valence-corrected chi connectivity index (χ0v) is 10.5. The van der Waals surface area contributed by atoms with Crippen molar-refractivity contribution < 1.29 is 0 Å². The van der Waals surface area contributed by atoms with E-state index in [0.717, 1.165) is 17.8 Å². The first-order valence-corrected chi connectivity index (χ1v) is 7.40. The molecule has 0 aromatic heterocycles. The fourth-order valence-electron chi connectivity index (χ4n) is 3.98. The first kappa shape index (κ1) is 11.5. The van der Waals surface area contributed by atoms with Crippen LogP contribution in [0.15, 0.2) is 0 Å². The highest BCUT2D eigenvalue weighted by atomic mass is 14.3. The lowest BCUT2D eigenvalue weighted by Gasteiger charge is -2.34. The summed E-state index contributed by atoms with van der Waals surface area (Å²) in [6.45, 7) is 2.41. The SMILES string of the molecule is CC[C@@H]1CCCC[C@H]1CC1CCCCC1. The minimum atomic E-state index is 1.08. The van der Waals surface area contributed by atoms with E-state index in [0.29, 0.717) is 0 Å². The predicted octanol–water partition coefficient (Wildman–Crippen LogP) is 5.17. The van der Waals surface area contributed by atoms with Crippen LogP contribution in [0.3, 0.4) is 0 Å². The highest BCUT2D eigenvalue weighted by Crippen LogP contribution is 2.39. The Kier molecular flexibility index (Phi) is 4.53. The van der Waals surface area contributed by atoms with Crippen LogP contribution in [0.2, 0.25) is 0 Å². The van der Waals surface area contributed by atoms with Crippen molar-refractivity contribution in [1.29, 1.82) is 0 Å². The molecule has 2 atom stereocenters. The molecule has 2 aliphatic rings. The van der Waals surface area contributed by atoms with Gasteiger partial charge < -0.3 is 0 Å². The van der Waals surface area contributed by atoms with Gasteiger partial charge in [-0.05, 0) is 24.2 Å². The van der Waals surface area contributed by atoms with E-state index < -0.39 is 0 Å². The van der Waals surface area contributed by atoms with Gasteiger partial charge in [-0.15, -0.1) is 0 Å². The smallest absolute Gasteiger partial charge is 0.0383 e. The van der Waals surface area contributed by atoms with Gasteiger partial charge in [-0.1, -0.05) is 71.1 Å². The van der Waals surface area contributed by atoms with Gasteiger partial charge in [0.2, 0.25) is 0 Å². The molecule has 2 saturated carbocycles. The van der Waals surface area contributed by atoms with Crippen LogP contribution in [0.25, 0.3) is 0 Å². The first-order valence-electron chi connectivity index (χ1n) is 7.40. The summed E-state index contributed by atoms with van der Waals surface area (Å²) >= 11 is 0. The van der Waals surface area contributed by atoms with Crippen molar-refractivity contribution in [2.45, 2.75) is 77.6 Å². The van der Waals surface area contributed by atoms with E-state index in [-0.39, 0.29) is 0 Å². The van der Waals surface area contributed by atoms with Gasteiger partial charge in [-0.3, -0.25) is 0 Å². The quantitative estimate of drug-likeness (QED) is 0.600. The monoisotopic (exact) mass is 208 g/mol. The van der Waals surface area contributed by atoms with Gasteiger partial charge in [0.05, 0.1) is 0 Å². The Morgan fingerprint density at radius 2 is 1.33 bits per heavy atom. The summed E-state index contributed by atoms with van der Waals surface area (Å²) in [7, 11) is 0. The molecule has 0 amide bonds. The lowest BCUT2D eigenvalue weighted by atomic mass is 9.71. The van der Waals surface area contributed by atoms with Crippen molar-refractivity contribution in [3.63, 3.8) is 0 Å². The molecular formula is C15H28. The molecule has 0 aliphatic heterocycles. The Bertz CT molecular complexity index is 167. The standard InChI is InChI=1S/C15H28/c1-2-14-10-6-7-11-15(14)12-13-8-4-3-5-9-13/h13-15H,2-12H2,1H3/t14-,15+/m1/s1. The molecule has 0 bridgehead atoms. The molecule has 0 saturated heterocycles. The number of hydrogen-bond donors (Lipinski definition) is 0. The largest absolute Gasteiger partial charge is 0.0651 e. The molecule has 15 heavy (non-hydrogen) atoms. The van der Waals surface area contributed by atoms with Gasteiger partial charge in [0, 0.05) is 0 Å². The van der Waals surface area contributed by atoms with Gasteiger partial charge >= 0.3 is 0 Å². The average Bonchev–Trinajstić information content (AvgIpc) is 2.31. The summed E-state index contributed by atoms with van der Waals surface area (Å²) in [6.07, 6.45) is 16.8. The first-order chi connectivity index (χ1) is 7.40. The maximum atomic E-state index is 2.41. The Hall–Kier alpha value is 0. The van der Waals surface area contributed by atoms with E-state index in [1.807, 2.05) is 0 Å². The second-order valence-corrected chi connectivity index (χ2v) is 5.95. The van der Waals surface area contributed by atoms with Crippen LogP contribution in [0, 0.1) is 17.8 Å². The molecule has 88 valence electrons. The third-order valence-electron chi connectivity index (χ3n) is 4.95. The second-order valence-electron chi connectivity index (χ2n) is 5.95.